The molecule has 0 saturated carbocycles. The Morgan fingerprint density at radius 1 is 1.26 bits per heavy atom. The third-order valence-electron chi connectivity index (χ3n) is 2.64. The molecule has 0 heterocycles. The van der Waals surface area contributed by atoms with Gasteiger partial charge in [0, 0.05) is 12.5 Å². The molecule has 0 atom stereocenters. The molecule has 0 radical (unpaired) electrons. The van der Waals surface area contributed by atoms with Gasteiger partial charge >= 0.3 is 0 Å². The molecule has 0 aliphatic heterocycles. The monoisotopic (exact) mass is 266 g/mol. The van der Waals surface area contributed by atoms with Crippen molar-refractivity contribution in [1.29, 1.82) is 0 Å². The molecule has 4 nitrogen and oxygen atoms in total. The van der Waals surface area contributed by atoms with Gasteiger partial charge in [0.2, 0.25) is 11.8 Å². The molecule has 1 rings (SSSR count). The zero-order valence-corrected chi connectivity index (χ0v) is 11.7. The van der Waals surface area contributed by atoms with Crippen LogP contribution in [0.3, 0.4) is 0 Å². The highest BCUT2D eigenvalue weighted by molar-refractivity contribution is 5.94. The predicted molar refractivity (Wildman–Crippen MR) is 72.2 cm³/mol. The number of carbonyl (C=O) groups is 2. The lowest BCUT2D eigenvalue weighted by Crippen LogP contribution is -2.48. The molecule has 2 amide bonds. The third kappa shape index (κ3) is 4.35. The van der Waals surface area contributed by atoms with Crippen LogP contribution in [0.5, 0.6) is 0 Å². The van der Waals surface area contributed by atoms with Gasteiger partial charge in [-0.05, 0) is 32.9 Å². The van der Waals surface area contributed by atoms with Crippen LogP contribution in [0.4, 0.5) is 10.1 Å². The zero-order chi connectivity index (χ0) is 14.6. The number of para-hydroxylation sites is 1. The maximum Gasteiger partial charge on any atom is 0.244 e. The average molecular weight is 266 g/mol. The third-order valence-corrected chi connectivity index (χ3v) is 2.64. The summed E-state index contributed by atoms with van der Waals surface area (Å²) in [7, 11) is 0. The van der Waals surface area contributed by atoms with Gasteiger partial charge in [-0.25, -0.2) is 4.39 Å². The fraction of sp³-hybridized carbons (Fsp3) is 0.429. The second kappa shape index (κ2) is 5.82. The molecule has 0 aliphatic rings. The quantitative estimate of drug-likeness (QED) is 0.913. The molecule has 0 aromatic heterocycles. The number of amides is 2. The number of rotatable bonds is 3. The normalized spacial score (nSPS) is 11.0. The van der Waals surface area contributed by atoms with E-state index in [4.69, 9.17) is 0 Å². The van der Waals surface area contributed by atoms with E-state index in [1.54, 1.807) is 12.1 Å². The van der Waals surface area contributed by atoms with Crippen LogP contribution in [0, 0.1) is 5.82 Å². The van der Waals surface area contributed by atoms with Crippen LogP contribution in [-0.2, 0) is 9.59 Å². The lowest BCUT2D eigenvalue weighted by atomic mass is 10.1. The summed E-state index contributed by atoms with van der Waals surface area (Å²) in [6.07, 6.45) is 0. The van der Waals surface area contributed by atoms with Crippen molar-refractivity contribution in [3.05, 3.63) is 30.1 Å². The summed E-state index contributed by atoms with van der Waals surface area (Å²) in [5, 5.41) is 2.46. The van der Waals surface area contributed by atoms with E-state index >= 15 is 0 Å². The summed E-state index contributed by atoms with van der Waals surface area (Å²) in [5.74, 6) is -1.12. The molecular weight excluding hydrogens is 247 g/mol. The van der Waals surface area contributed by atoms with Crippen LogP contribution in [0.25, 0.3) is 0 Å². The topological polar surface area (TPSA) is 49.4 Å². The zero-order valence-electron chi connectivity index (χ0n) is 11.7. The van der Waals surface area contributed by atoms with Crippen LogP contribution in [-0.4, -0.2) is 28.8 Å². The highest BCUT2D eigenvalue weighted by Crippen LogP contribution is 2.15. The lowest BCUT2D eigenvalue weighted by molar-refractivity contribution is -0.137. The number of carbonyl (C=O) groups excluding carboxylic acids is 2. The van der Waals surface area contributed by atoms with E-state index in [0.717, 1.165) is 0 Å². The van der Waals surface area contributed by atoms with Gasteiger partial charge in [0.05, 0.1) is 5.69 Å². The van der Waals surface area contributed by atoms with Crippen molar-refractivity contribution in [1.82, 2.24) is 4.90 Å². The van der Waals surface area contributed by atoms with Crippen LogP contribution in [0.15, 0.2) is 24.3 Å². The van der Waals surface area contributed by atoms with Gasteiger partial charge in [-0.2, -0.15) is 0 Å². The molecule has 0 unspecified atom stereocenters. The van der Waals surface area contributed by atoms with Gasteiger partial charge in [0.15, 0.2) is 0 Å². The lowest BCUT2D eigenvalue weighted by Gasteiger charge is -2.34. The van der Waals surface area contributed by atoms with E-state index in [-0.39, 0.29) is 18.1 Å². The number of nitrogens with one attached hydrogen (secondary N) is 1. The molecule has 104 valence electrons. The number of hydrogen-bond acceptors (Lipinski definition) is 2. The number of benzene rings is 1. The van der Waals surface area contributed by atoms with Crippen LogP contribution in [0.2, 0.25) is 0 Å². The number of hydrogen-bond donors (Lipinski definition) is 1. The first-order chi connectivity index (χ1) is 8.71. The Balaban J connectivity index is 2.75. The summed E-state index contributed by atoms with van der Waals surface area (Å²) >= 11 is 0. The Kier molecular flexibility index (Phi) is 4.64. The van der Waals surface area contributed by atoms with Crippen molar-refractivity contribution >= 4 is 17.5 Å². The summed E-state index contributed by atoms with van der Waals surface area (Å²) in [5.41, 5.74) is -0.344. The molecule has 0 bridgehead atoms. The second-order valence-electron chi connectivity index (χ2n) is 5.30. The molecular formula is C14H19FN2O2. The first kappa shape index (κ1) is 15.1. The maximum absolute atomic E-state index is 13.4. The summed E-state index contributed by atoms with van der Waals surface area (Å²) in [4.78, 5) is 24.8. The average Bonchev–Trinajstić information content (AvgIpc) is 2.27. The van der Waals surface area contributed by atoms with Crippen molar-refractivity contribution in [3.8, 4) is 0 Å². The van der Waals surface area contributed by atoms with E-state index in [2.05, 4.69) is 5.32 Å². The SMILES string of the molecule is CC(=O)N(CC(=O)Nc1ccccc1F)C(C)(C)C. The minimum Gasteiger partial charge on any atom is -0.329 e. The Bertz CT molecular complexity index is 481. The first-order valence-electron chi connectivity index (χ1n) is 6.04. The Hall–Kier alpha value is -1.91. The van der Waals surface area contributed by atoms with E-state index in [9.17, 15) is 14.0 Å². The van der Waals surface area contributed by atoms with E-state index in [0.29, 0.717) is 0 Å². The molecule has 1 aromatic carbocycles. The molecule has 1 aromatic rings. The van der Waals surface area contributed by atoms with Crippen LogP contribution >= 0.6 is 0 Å². The minimum atomic E-state index is -0.499. The Morgan fingerprint density at radius 2 is 1.84 bits per heavy atom. The minimum absolute atomic E-state index is 0.104. The highest BCUT2D eigenvalue weighted by Gasteiger charge is 2.26. The van der Waals surface area contributed by atoms with Gasteiger partial charge in [-0.15, -0.1) is 0 Å². The molecule has 1 N–H and O–H groups in total. The smallest absolute Gasteiger partial charge is 0.244 e. The number of anilines is 1. The van der Waals surface area contributed by atoms with Crippen molar-refractivity contribution in [2.24, 2.45) is 0 Å². The van der Waals surface area contributed by atoms with Gasteiger partial charge in [0.25, 0.3) is 0 Å². The fourth-order valence-corrected chi connectivity index (χ4v) is 1.72. The second-order valence-corrected chi connectivity index (χ2v) is 5.30. The number of halogens is 1. The molecule has 0 aliphatic carbocycles. The summed E-state index contributed by atoms with van der Waals surface area (Å²) in [6, 6.07) is 5.91. The van der Waals surface area contributed by atoms with E-state index < -0.39 is 17.3 Å². The van der Waals surface area contributed by atoms with Gasteiger partial charge < -0.3 is 10.2 Å². The molecule has 5 heteroatoms. The first-order valence-corrected chi connectivity index (χ1v) is 6.04. The molecule has 0 spiro atoms. The van der Waals surface area contributed by atoms with Crippen molar-refractivity contribution in [3.63, 3.8) is 0 Å². The maximum atomic E-state index is 13.4. The fourth-order valence-electron chi connectivity index (χ4n) is 1.72. The summed E-state index contributed by atoms with van der Waals surface area (Å²) in [6.45, 7) is 6.81. The van der Waals surface area contributed by atoms with Gasteiger partial charge in [-0.3, -0.25) is 9.59 Å². The van der Waals surface area contributed by atoms with Crippen molar-refractivity contribution < 1.29 is 14.0 Å². The standard InChI is InChI=1S/C14H19FN2O2/c1-10(18)17(14(2,3)4)9-13(19)16-12-8-6-5-7-11(12)15/h5-8H,9H2,1-4H3,(H,16,19). The Labute approximate surface area is 112 Å². The van der Waals surface area contributed by atoms with Gasteiger partial charge in [0.1, 0.15) is 12.4 Å². The van der Waals surface area contributed by atoms with Gasteiger partial charge in [-0.1, -0.05) is 12.1 Å². The molecule has 0 fully saturated rings. The van der Waals surface area contributed by atoms with E-state index in [1.807, 2.05) is 20.8 Å². The molecule has 0 saturated heterocycles. The van der Waals surface area contributed by atoms with Crippen LogP contribution < -0.4 is 5.32 Å². The largest absolute Gasteiger partial charge is 0.329 e. The highest BCUT2D eigenvalue weighted by atomic mass is 19.1. The summed E-state index contributed by atoms with van der Waals surface area (Å²) < 4.78 is 13.4. The van der Waals surface area contributed by atoms with Crippen LogP contribution in [0.1, 0.15) is 27.7 Å². The Morgan fingerprint density at radius 3 is 2.32 bits per heavy atom. The molecule has 19 heavy (non-hydrogen) atoms. The number of nitrogens with zero attached hydrogens (tertiary/aromatic N) is 1. The van der Waals surface area contributed by atoms with Crippen molar-refractivity contribution in [2.45, 2.75) is 33.2 Å². The van der Waals surface area contributed by atoms with E-state index in [1.165, 1.54) is 24.0 Å². The predicted octanol–water partition coefficient (Wildman–Crippen LogP) is 2.41. The van der Waals surface area contributed by atoms with Crippen molar-refractivity contribution in [2.75, 3.05) is 11.9 Å².